The van der Waals surface area contributed by atoms with E-state index in [1.54, 1.807) is 0 Å². The Bertz CT molecular complexity index is 193. The maximum atomic E-state index is 11.3. The Kier molecular flexibility index (Phi) is 1.52. The largest absolute Gasteiger partial charge is 0.576 e. The van der Waals surface area contributed by atoms with Gasteiger partial charge in [-0.15, -0.1) is 13.2 Å². The summed E-state index contributed by atoms with van der Waals surface area (Å²) < 4.78 is 41.1. The molecular weight excluding hydrogens is 151 g/mol. The van der Waals surface area contributed by atoms with E-state index in [4.69, 9.17) is 0 Å². The number of alkyl halides is 3. The Balaban J connectivity index is 2.57. The van der Waals surface area contributed by atoms with E-state index in [1.807, 2.05) is 6.26 Å². The van der Waals surface area contributed by atoms with Crippen LogP contribution in [0.2, 0.25) is 0 Å². The van der Waals surface area contributed by atoms with E-state index < -0.39 is 12.4 Å². The second kappa shape index (κ2) is 2.20. The number of hydrogen-bond acceptors (Lipinski definition) is 3. The molecule has 0 spiro atoms. The maximum absolute atomic E-state index is 11.3. The van der Waals surface area contributed by atoms with Crippen LogP contribution in [0.1, 0.15) is 0 Å². The monoisotopic (exact) mass is 152 g/mol. The lowest BCUT2D eigenvalue weighted by molar-refractivity contribution is -0.282. The second-order valence-corrected chi connectivity index (χ2v) is 1.29. The van der Waals surface area contributed by atoms with Crippen LogP contribution in [0.5, 0.6) is 6.08 Å². The molecule has 0 saturated carbocycles. The van der Waals surface area contributed by atoms with Gasteiger partial charge in [0, 0.05) is 0 Å². The number of ether oxygens (including phenoxy) is 1. The molecular formula is C4HF3NO2. The van der Waals surface area contributed by atoms with Gasteiger partial charge in [-0.3, -0.25) is 0 Å². The zero-order chi connectivity index (χ0) is 7.61. The minimum atomic E-state index is -4.75. The highest BCUT2D eigenvalue weighted by Gasteiger charge is 2.33. The molecule has 0 atom stereocenters. The van der Waals surface area contributed by atoms with Crippen molar-refractivity contribution in [3.63, 3.8) is 0 Å². The van der Waals surface area contributed by atoms with E-state index in [2.05, 4.69) is 14.1 Å². The van der Waals surface area contributed by atoms with Crippen molar-refractivity contribution in [1.82, 2.24) is 4.98 Å². The van der Waals surface area contributed by atoms with E-state index in [9.17, 15) is 13.2 Å². The lowest BCUT2D eigenvalue weighted by Gasteiger charge is -2.01. The molecule has 0 fully saturated rings. The summed E-state index contributed by atoms with van der Waals surface area (Å²) in [4.78, 5) is 3.04. The van der Waals surface area contributed by atoms with Crippen LogP contribution in [0, 0.1) is 6.26 Å². The molecule has 1 aromatic rings. The molecule has 0 amide bonds. The molecule has 1 radical (unpaired) electrons. The first-order valence-electron chi connectivity index (χ1n) is 2.15. The fraction of sp³-hybridized carbons (Fsp3) is 0.250. The highest BCUT2D eigenvalue weighted by atomic mass is 19.4. The molecule has 0 aliphatic carbocycles. The summed E-state index contributed by atoms with van der Waals surface area (Å²) in [6, 6.07) is 0. The van der Waals surface area contributed by atoms with Gasteiger partial charge in [0.05, 0.1) is 6.20 Å². The van der Waals surface area contributed by atoms with E-state index in [1.165, 1.54) is 0 Å². The van der Waals surface area contributed by atoms with Gasteiger partial charge in [0.25, 0.3) is 0 Å². The highest BCUT2D eigenvalue weighted by molar-refractivity contribution is 4.83. The number of rotatable bonds is 1. The van der Waals surface area contributed by atoms with Crippen molar-refractivity contribution >= 4 is 0 Å². The van der Waals surface area contributed by atoms with Gasteiger partial charge >= 0.3 is 12.4 Å². The fourth-order valence-electron chi connectivity index (χ4n) is 0.328. The predicted molar refractivity (Wildman–Crippen MR) is 22.0 cm³/mol. The Morgan fingerprint density at radius 3 is 2.70 bits per heavy atom. The average Bonchev–Trinajstić information content (AvgIpc) is 2.12. The van der Waals surface area contributed by atoms with Gasteiger partial charge in [-0.25, -0.2) is 0 Å². The van der Waals surface area contributed by atoms with Crippen LogP contribution in [0.25, 0.3) is 0 Å². The predicted octanol–water partition coefficient (Wildman–Crippen LogP) is 1.37. The zero-order valence-electron chi connectivity index (χ0n) is 4.47. The standard InChI is InChI=1S/C4HF3NO2/c5-4(6,7)10-3-8-1-2-9-3/h1H. The van der Waals surface area contributed by atoms with Gasteiger partial charge in [-0.2, -0.15) is 4.98 Å². The summed E-state index contributed by atoms with van der Waals surface area (Å²) in [5.41, 5.74) is 0. The van der Waals surface area contributed by atoms with E-state index >= 15 is 0 Å². The van der Waals surface area contributed by atoms with Crippen LogP contribution in [0.15, 0.2) is 10.6 Å². The van der Waals surface area contributed by atoms with Gasteiger partial charge in [0.2, 0.25) is 0 Å². The van der Waals surface area contributed by atoms with E-state index in [0.29, 0.717) is 0 Å². The molecule has 0 aliphatic heterocycles. The van der Waals surface area contributed by atoms with Crippen molar-refractivity contribution in [3.05, 3.63) is 12.5 Å². The zero-order valence-corrected chi connectivity index (χ0v) is 4.47. The first-order valence-corrected chi connectivity index (χ1v) is 2.15. The molecule has 0 bridgehead atoms. The highest BCUT2D eigenvalue weighted by Crippen LogP contribution is 2.19. The van der Waals surface area contributed by atoms with Gasteiger partial charge in [-0.1, -0.05) is 0 Å². The summed E-state index contributed by atoms with van der Waals surface area (Å²) in [6.07, 6.45) is -2.73. The fourth-order valence-corrected chi connectivity index (χ4v) is 0.328. The summed E-state index contributed by atoms with van der Waals surface area (Å²) in [6.45, 7) is 0. The second-order valence-electron chi connectivity index (χ2n) is 1.29. The van der Waals surface area contributed by atoms with Crippen LogP contribution in [-0.2, 0) is 0 Å². The molecule has 0 aliphatic rings. The molecule has 0 unspecified atom stereocenters. The van der Waals surface area contributed by atoms with Crippen LogP contribution in [-0.4, -0.2) is 11.3 Å². The molecule has 10 heavy (non-hydrogen) atoms. The third-order valence-corrected chi connectivity index (χ3v) is 0.572. The quantitative estimate of drug-likeness (QED) is 0.609. The summed E-state index contributed by atoms with van der Waals surface area (Å²) in [5.74, 6) is 0. The third kappa shape index (κ3) is 1.96. The first kappa shape index (κ1) is 6.91. The minimum Gasteiger partial charge on any atom is -0.405 e. The van der Waals surface area contributed by atoms with Gasteiger partial charge in [0.15, 0.2) is 6.26 Å². The van der Waals surface area contributed by atoms with Crippen molar-refractivity contribution in [2.75, 3.05) is 0 Å². The van der Waals surface area contributed by atoms with Crippen molar-refractivity contribution in [2.24, 2.45) is 0 Å². The first-order chi connectivity index (χ1) is 4.58. The molecule has 0 saturated heterocycles. The number of nitrogens with zero attached hydrogens (tertiary/aromatic N) is 1. The van der Waals surface area contributed by atoms with Crippen LogP contribution in [0.3, 0.4) is 0 Å². The van der Waals surface area contributed by atoms with Crippen LogP contribution >= 0.6 is 0 Å². The molecule has 1 heterocycles. The topological polar surface area (TPSA) is 35.3 Å². The Morgan fingerprint density at radius 1 is 1.60 bits per heavy atom. The summed E-state index contributed by atoms with van der Waals surface area (Å²) >= 11 is 0. The Labute approximate surface area is 53.4 Å². The molecule has 6 heteroatoms. The maximum Gasteiger partial charge on any atom is 0.576 e. The van der Waals surface area contributed by atoms with Gasteiger partial charge in [0.1, 0.15) is 0 Å². The van der Waals surface area contributed by atoms with Crippen molar-refractivity contribution < 1.29 is 22.3 Å². The number of hydrogen-bond donors (Lipinski definition) is 0. The third-order valence-electron chi connectivity index (χ3n) is 0.572. The smallest absolute Gasteiger partial charge is 0.405 e. The Morgan fingerprint density at radius 2 is 2.30 bits per heavy atom. The SMILES string of the molecule is FC(F)(F)Oc1nc[c]o1. The molecule has 55 valence electrons. The number of oxazole rings is 1. The summed E-state index contributed by atoms with van der Waals surface area (Å²) in [7, 11) is 0. The van der Waals surface area contributed by atoms with Crippen LogP contribution < -0.4 is 4.74 Å². The lowest BCUT2D eigenvalue weighted by atomic mass is 11.0. The van der Waals surface area contributed by atoms with E-state index in [-0.39, 0.29) is 0 Å². The average molecular weight is 152 g/mol. The molecule has 0 aromatic carbocycles. The van der Waals surface area contributed by atoms with E-state index in [0.717, 1.165) is 6.20 Å². The van der Waals surface area contributed by atoms with Crippen molar-refractivity contribution in [2.45, 2.75) is 6.36 Å². The Hall–Kier alpha value is -1.20. The number of halogens is 3. The molecule has 1 rings (SSSR count). The van der Waals surface area contributed by atoms with Crippen LogP contribution in [0.4, 0.5) is 13.2 Å². The molecule has 3 nitrogen and oxygen atoms in total. The number of aromatic nitrogens is 1. The summed E-state index contributed by atoms with van der Waals surface area (Å²) in [5, 5.41) is 0. The lowest BCUT2D eigenvalue weighted by Crippen LogP contribution is -2.17. The normalized spacial score (nSPS) is 11.5. The van der Waals surface area contributed by atoms with Gasteiger partial charge < -0.3 is 9.15 Å². The van der Waals surface area contributed by atoms with Crippen molar-refractivity contribution in [3.8, 4) is 6.08 Å². The molecule has 0 N–H and O–H groups in total. The van der Waals surface area contributed by atoms with Crippen molar-refractivity contribution in [1.29, 1.82) is 0 Å². The van der Waals surface area contributed by atoms with Gasteiger partial charge in [-0.05, 0) is 0 Å². The minimum absolute atomic E-state index is 0.854. The molecule has 1 aromatic heterocycles.